The van der Waals surface area contributed by atoms with Crippen LogP contribution in [0.25, 0.3) is 10.2 Å². The number of likely N-dealkylation sites (N-methyl/N-ethyl adjacent to an activating group) is 1. The fraction of sp³-hybridized carbons (Fsp3) is 0.364. The molecule has 3 rings (SSSR count). The molecule has 0 atom stereocenters. The standard InChI is InChI=1S/C22H25F2N3OS2/c1-4-26(5-2)11-12-27(21(28)16-9-7-8-10-18(16)29-6-3)22-25-20-17(24)13-15(23)14-19(20)30-22/h7-10,13-14H,4-6,11-12H2,1-3H3. The Balaban J connectivity index is 2.02. The summed E-state index contributed by atoms with van der Waals surface area (Å²) in [5.41, 5.74) is 0.683. The molecule has 0 spiro atoms. The molecular weight excluding hydrogens is 424 g/mol. The van der Waals surface area contributed by atoms with Crippen molar-refractivity contribution in [1.82, 2.24) is 9.88 Å². The Morgan fingerprint density at radius 1 is 1.10 bits per heavy atom. The van der Waals surface area contributed by atoms with Crippen molar-refractivity contribution in [2.45, 2.75) is 25.7 Å². The fourth-order valence-corrected chi connectivity index (χ4v) is 5.02. The molecule has 0 unspecified atom stereocenters. The number of thiazole rings is 1. The van der Waals surface area contributed by atoms with Crippen molar-refractivity contribution in [3.8, 4) is 0 Å². The molecule has 0 saturated heterocycles. The van der Waals surface area contributed by atoms with Crippen molar-refractivity contribution in [2.24, 2.45) is 0 Å². The third-order valence-corrected chi connectivity index (χ3v) is 6.81. The largest absolute Gasteiger partial charge is 0.302 e. The number of nitrogens with zero attached hydrogens (tertiary/aromatic N) is 3. The maximum absolute atomic E-state index is 14.2. The van der Waals surface area contributed by atoms with Gasteiger partial charge in [0.1, 0.15) is 11.3 Å². The number of hydrogen-bond donors (Lipinski definition) is 0. The van der Waals surface area contributed by atoms with E-state index in [1.54, 1.807) is 22.7 Å². The zero-order valence-corrected chi connectivity index (χ0v) is 19.0. The Morgan fingerprint density at radius 2 is 1.83 bits per heavy atom. The van der Waals surface area contributed by atoms with E-state index in [0.717, 1.165) is 41.1 Å². The lowest BCUT2D eigenvalue weighted by atomic mass is 10.2. The molecule has 0 aliphatic heterocycles. The number of benzene rings is 2. The molecule has 160 valence electrons. The van der Waals surface area contributed by atoms with Crippen LogP contribution < -0.4 is 4.90 Å². The summed E-state index contributed by atoms with van der Waals surface area (Å²) in [4.78, 5) is 22.6. The van der Waals surface area contributed by atoms with Crippen molar-refractivity contribution in [3.63, 3.8) is 0 Å². The van der Waals surface area contributed by atoms with Gasteiger partial charge in [-0.1, -0.05) is 44.2 Å². The zero-order valence-electron chi connectivity index (χ0n) is 17.3. The van der Waals surface area contributed by atoms with Crippen LogP contribution in [0.1, 0.15) is 31.1 Å². The van der Waals surface area contributed by atoms with Gasteiger partial charge in [-0.2, -0.15) is 0 Å². The summed E-state index contributed by atoms with van der Waals surface area (Å²) in [5.74, 6) is -0.708. The van der Waals surface area contributed by atoms with Crippen LogP contribution in [-0.2, 0) is 0 Å². The van der Waals surface area contributed by atoms with Crippen molar-refractivity contribution in [3.05, 3.63) is 53.6 Å². The lowest BCUT2D eigenvalue weighted by Gasteiger charge is -2.25. The van der Waals surface area contributed by atoms with E-state index in [4.69, 9.17) is 0 Å². The van der Waals surface area contributed by atoms with Gasteiger partial charge in [0.2, 0.25) is 0 Å². The number of amides is 1. The Kier molecular flexibility index (Phi) is 7.80. The number of rotatable bonds is 9. The summed E-state index contributed by atoms with van der Waals surface area (Å²) in [6.45, 7) is 8.97. The number of fused-ring (bicyclic) bond motifs is 1. The van der Waals surface area contributed by atoms with Gasteiger partial charge in [0, 0.05) is 24.1 Å². The van der Waals surface area contributed by atoms with Crippen LogP contribution in [0.2, 0.25) is 0 Å². The number of hydrogen-bond acceptors (Lipinski definition) is 5. The molecule has 2 aromatic carbocycles. The minimum atomic E-state index is -0.717. The quantitative estimate of drug-likeness (QED) is 0.394. The highest BCUT2D eigenvalue weighted by Crippen LogP contribution is 2.33. The molecule has 0 aliphatic carbocycles. The molecule has 1 aromatic heterocycles. The summed E-state index contributed by atoms with van der Waals surface area (Å²) in [6.07, 6.45) is 0. The molecular formula is C22H25F2N3OS2. The van der Waals surface area contributed by atoms with Crippen molar-refractivity contribution < 1.29 is 13.6 Å². The molecule has 0 saturated carbocycles. The molecule has 0 N–H and O–H groups in total. The van der Waals surface area contributed by atoms with Crippen molar-refractivity contribution in [1.29, 1.82) is 0 Å². The fourth-order valence-electron chi connectivity index (χ4n) is 3.20. The molecule has 0 bridgehead atoms. The first-order valence-corrected chi connectivity index (χ1v) is 11.8. The lowest BCUT2D eigenvalue weighted by molar-refractivity contribution is 0.0981. The van der Waals surface area contributed by atoms with E-state index in [1.165, 1.54) is 6.07 Å². The van der Waals surface area contributed by atoms with Crippen LogP contribution >= 0.6 is 23.1 Å². The molecule has 0 aliphatic rings. The van der Waals surface area contributed by atoms with Crippen LogP contribution in [-0.4, -0.2) is 47.7 Å². The second kappa shape index (κ2) is 10.3. The summed E-state index contributed by atoms with van der Waals surface area (Å²) in [6, 6.07) is 9.55. The van der Waals surface area contributed by atoms with Gasteiger partial charge in [-0.05, 0) is 37.0 Å². The Labute approximate surface area is 183 Å². The number of aromatic nitrogens is 1. The maximum atomic E-state index is 14.2. The third kappa shape index (κ3) is 4.99. The minimum Gasteiger partial charge on any atom is -0.302 e. The first kappa shape index (κ1) is 22.7. The Hall–Kier alpha value is -2.03. The highest BCUT2D eigenvalue weighted by molar-refractivity contribution is 7.99. The van der Waals surface area contributed by atoms with Crippen LogP contribution in [0.4, 0.5) is 13.9 Å². The SMILES string of the molecule is CCSc1ccccc1C(=O)N(CCN(CC)CC)c1nc2c(F)cc(F)cc2s1. The number of carbonyl (C=O) groups excluding carboxylic acids is 1. The second-order valence-electron chi connectivity index (χ2n) is 6.64. The van der Waals surface area contributed by atoms with E-state index >= 15 is 0 Å². The molecule has 0 radical (unpaired) electrons. The normalized spacial score (nSPS) is 11.4. The number of halogens is 2. The molecule has 0 fully saturated rings. The number of thioether (sulfide) groups is 1. The van der Waals surface area contributed by atoms with Gasteiger partial charge in [0.05, 0.1) is 10.3 Å². The molecule has 1 amide bonds. The van der Waals surface area contributed by atoms with Gasteiger partial charge in [-0.3, -0.25) is 9.69 Å². The van der Waals surface area contributed by atoms with Crippen LogP contribution in [0.15, 0.2) is 41.3 Å². The van der Waals surface area contributed by atoms with E-state index in [0.29, 0.717) is 28.5 Å². The molecule has 30 heavy (non-hydrogen) atoms. The highest BCUT2D eigenvalue weighted by Gasteiger charge is 2.24. The average molecular weight is 450 g/mol. The van der Waals surface area contributed by atoms with E-state index in [-0.39, 0.29) is 11.4 Å². The van der Waals surface area contributed by atoms with Crippen molar-refractivity contribution >= 4 is 44.4 Å². The zero-order chi connectivity index (χ0) is 21.7. The van der Waals surface area contributed by atoms with Crippen LogP contribution in [0.3, 0.4) is 0 Å². The van der Waals surface area contributed by atoms with Crippen molar-refractivity contribution in [2.75, 3.05) is 36.8 Å². The number of carbonyl (C=O) groups is 1. The predicted octanol–water partition coefficient (Wildman–Crippen LogP) is 5.68. The van der Waals surface area contributed by atoms with Gasteiger partial charge in [-0.25, -0.2) is 13.8 Å². The molecule has 8 heteroatoms. The molecule has 1 heterocycles. The summed E-state index contributed by atoms with van der Waals surface area (Å²) in [7, 11) is 0. The van der Waals surface area contributed by atoms with E-state index in [9.17, 15) is 13.6 Å². The molecule has 3 aromatic rings. The lowest BCUT2D eigenvalue weighted by Crippen LogP contribution is -2.39. The maximum Gasteiger partial charge on any atom is 0.261 e. The second-order valence-corrected chi connectivity index (χ2v) is 8.96. The van der Waals surface area contributed by atoms with Gasteiger partial charge >= 0.3 is 0 Å². The smallest absolute Gasteiger partial charge is 0.261 e. The predicted molar refractivity (Wildman–Crippen MR) is 122 cm³/mol. The van der Waals surface area contributed by atoms with Gasteiger partial charge in [0.25, 0.3) is 5.91 Å². The topological polar surface area (TPSA) is 36.4 Å². The summed E-state index contributed by atoms with van der Waals surface area (Å²) < 4.78 is 28.3. The van der Waals surface area contributed by atoms with E-state index < -0.39 is 11.6 Å². The van der Waals surface area contributed by atoms with E-state index in [1.807, 2.05) is 25.1 Å². The monoisotopic (exact) mass is 449 g/mol. The first-order valence-electron chi connectivity index (χ1n) is 10.00. The molecule has 4 nitrogen and oxygen atoms in total. The minimum absolute atomic E-state index is 0.0910. The summed E-state index contributed by atoms with van der Waals surface area (Å²) in [5, 5.41) is 0.378. The Morgan fingerprint density at radius 3 is 2.53 bits per heavy atom. The van der Waals surface area contributed by atoms with Gasteiger partial charge in [0.15, 0.2) is 10.9 Å². The number of anilines is 1. The van der Waals surface area contributed by atoms with E-state index in [2.05, 4.69) is 23.7 Å². The van der Waals surface area contributed by atoms with Crippen LogP contribution in [0.5, 0.6) is 0 Å². The highest BCUT2D eigenvalue weighted by atomic mass is 32.2. The third-order valence-electron chi connectivity index (χ3n) is 4.83. The first-order chi connectivity index (χ1) is 14.5. The van der Waals surface area contributed by atoms with Gasteiger partial charge < -0.3 is 4.90 Å². The Bertz CT molecular complexity index is 1020. The van der Waals surface area contributed by atoms with Crippen LogP contribution in [0, 0.1) is 11.6 Å². The summed E-state index contributed by atoms with van der Waals surface area (Å²) >= 11 is 2.73. The average Bonchev–Trinajstić information content (AvgIpc) is 3.15. The van der Waals surface area contributed by atoms with Gasteiger partial charge in [-0.15, -0.1) is 11.8 Å².